The fraction of sp³-hybridized carbons (Fsp3) is 0.600. The van der Waals surface area contributed by atoms with Crippen LogP contribution in [0.3, 0.4) is 0 Å². The van der Waals surface area contributed by atoms with Gasteiger partial charge in [0.15, 0.2) is 0 Å². The minimum absolute atomic E-state index is 0.591. The quantitative estimate of drug-likeness (QED) is 0.684. The topological polar surface area (TPSA) is 30.5 Å². The predicted octanol–water partition coefficient (Wildman–Crippen LogP) is 3.10. The molecule has 1 aromatic carbocycles. The maximum Gasteiger partial charge on any atom is 0.0701 e. The van der Waals surface area contributed by atoms with Crippen LogP contribution in [0.1, 0.15) is 19.4 Å². The molecule has 0 heterocycles. The van der Waals surface area contributed by atoms with Crippen molar-refractivity contribution in [1.29, 1.82) is 0 Å². The summed E-state index contributed by atoms with van der Waals surface area (Å²) in [4.78, 5) is 0. The van der Waals surface area contributed by atoms with E-state index in [2.05, 4.69) is 50.4 Å². The molecule has 0 aliphatic rings. The highest BCUT2D eigenvalue weighted by atomic mass is 16.5. The molecule has 0 spiro atoms. The highest BCUT2D eigenvalue weighted by Gasteiger charge is 1.95. The third kappa shape index (κ3) is 7.30. The molecule has 0 saturated heterocycles. The third-order valence-electron chi connectivity index (χ3n) is 2.42. The maximum atomic E-state index is 5.48. The zero-order chi connectivity index (χ0) is 13.2. The Morgan fingerprint density at radius 2 is 1.89 bits per heavy atom. The molecule has 0 saturated carbocycles. The second kappa shape index (κ2) is 8.95. The number of aryl methyl sites for hydroxylation is 1. The highest BCUT2D eigenvalue weighted by Crippen LogP contribution is 2.08. The average molecular weight is 251 g/mol. The Morgan fingerprint density at radius 1 is 1.11 bits per heavy atom. The molecule has 102 valence electrons. The first kappa shape index (κ1) is 15.0. The molecule has 0 fully saturated rings. The molecule has 0 aliphatic heterocycles. The van der Waals surface area contributed by atoms with Gasteiger partial charge in [-0.1, -0.05) is 26.0 Å². The van der Waals surface area contributed by atoms with Crippen molar-refractivity contribution in [1.82, 2.24) is 0 Å². The van der Waals surface area contributed by atoms with Crippen LogP contribution in [0.25, 0.3) is 0 Å². The van der Waals surface area contributed by atoms with Gasteiger partial charge in [0, 0.05) is 18.8 Å². The standard InChI is InChI=1S/C15H25NO2/c1-13(2)12-18-10-9-17-8-7-16-15-6-4-5-14(3)11-15/h4-6,11,13,16H,7-10,12H2,1-3H3. The number of anilines is 1. The van der Waals surface area contributed by atoms with Crippen molar-refractivity contribution in [2.24, 2.45) is 5.92 Å². The normalized spacial score (nSPS) is 10.9. The van der Waals surface area contributed by atoms with Gasteiger partial charge in [0.1, 0.15) is 0 Å². The minimum Gasteiger partial charge on any atom is -0.383 e. The molecule has 0 aromatic heterocycles. The van der Waals surface area contributed by atoms with E-state index in [1.807, 2.05) is 0 Å². The summed E-state index contributed by atoms with van der Waals surface area (Å²) in [7, 11) is 0. The van der Waals surface area contributed by atoms with Gasteiger partial charge < -0.3 is 14.8 Å². The van der Waals surface area contributed by atoms with Crippen molar-refractivity contribution < 1.29 is 9.47 Å². The summed E-state index contributed by atoms with van der Waals surface area (Å²) in [6.45, 7) is 10.1. The van der Waals surface area contributed by atoms with E-state index in [1.54, 1.807) is 0 Å². The van der Waals surface area contributed by atoms with Gasteiger partial charge >= 0.3 is 0 Å². The lowest BCUT2D eigenvalue weighted by atomic mass is 10.2. The molecule has 3 heteroatoms. The lowest BCUT2D eigenvalue weighted by Gasteiger charge is -2.09. The number of nitrogens with one attached hydrogen (secondary N) is 1. The zero-order valence-corrected chi connectivity index (χ0v) is 11.7. The summed E-state index contributed by atoms with van der Waals surface area (Å²) in [5.41, 5.74) is 2.41. The van der Waals surface area contributed by atoms with Crippen molar-refractivity contribution in [2.45, 2.75) is 20.8 Å². The number of hydrogen-bond acceptors (Lipinski definition) is 3. The van der Waals surface area contributed by atoms with Crippen LogP contribution >= 0.6 is 0 Å². The lowest BCUT2D eigenvalue weighted by Crippen LogP contribution is -2.13. The first-order valence-corrected chi connectivity index (χ1v) is 6.64. The Kier molecular flexibility index (Phi) is 7.46. The van der Waals surface area contributed by atoms with Crippen LogP contribution in [0, 0.1) is 12.8 Å². The fourth-order valence-corrected chi connectivity index (χ4v) is 1.56. The van der Waals surface area contributed by atoms with Gasteiger partial charge in [0.05, 0.1) is 19.8 Å². The van der Waals surface area contributed by atoms with Crippen LogP contribution < -0.4 is 5.32 Å². The summed E-state index contributed by atoms with van der Waals surface area (Å²) < 4.78 is 10.9. The van der Waals surface area contributed by atoms with E-state index in [4.69, 9.17) is 9.47 Å². The number of benzene rings is 1. The fourth-order valence-electron chi connectivity index (χ4n) is 1.56. The van der Waals surface area contributed by atoms with E-state index in [9.17, 15) is 0 Å². The SMILES string of the molecule is Cc1cccc(NCCOCCOCC(C)C)c1. The molecule has 1 aromatic rings. The molecule has 0 amide bonds. The van der Waals surface area contributed by atoms with Crippen LogP contribution in [-0.4, -0.2) is 33.0 Å². The van der Waals surface area contributed by atoms with E-state index >= 15 is 0 Å². The van der Waals surface area contributed by atoms with Gasteiger partial charge in [0.25, 0.3) is 0 Å². The van der Waals surface area contributed by atoms with Crippen molar-refractivity contribution in [3.05, 3.63) is 29.8 Å². The Bertz CT molecular complexity index is 326. The Hall–Kier alpha value is -1.06. The summed E-state index contributed by atoms with van der Waals surface area (Å²) in [6, 6.07) is 8.34. The van der Waals surface area contributed by atoms with Crippen LogP contribution in [0.2, 0.25) is 0 Å². The molecule has 1 rings (SSSR count). The van der Waals surface area contributed by atoms with Crippen LogP contribution in [0.4, 0.5) is 5.69 Å². The van der Waals surface area contributed by atoms with Gasteiger partial charge in [-0.3, -0.25) is 0 Å². The van der Waals surface area contributed by atoms with E-state index in [0.717, 1.165) is 18.8 Å². The molecule has 1 N–H and O–H groups in total. The van der Waals surface area contributed by atoms with Crippen molar-refractivity contribution in [3.8, 4) is 0 Å². The molecular weight excluding hydrogens is 226 g/mol. The smallest absolute Gasteiger partial charge is 0.0701 e. The van der Waals surface area contributed by atoms with Crippen molar-refractivity contribution in [2.75, 3.05) is 38.3 Å². The summed E-state index contributed by atoms with van der Waals surface area (Å²) in [5, 5.41) is 3.33. The zero-order valence-electron chi connectivity index (χ0n) is 11.7. The number of rotatable bonds is 9. The van der Waals surface area contributed by atoms with Gasteiger partial charge in [-0.2, -0.15) is 0 Å². The molecule has 0 bridgehead atoms. The van der Waals surface area contributed by atoms with Gasteiger partial charge in [-0.25, -0.2) is 0 Å². The molecule has 0 radical (unpaired) electrons. The molecule has 3 nitrogen and oxygen atoms in total. The molecule has 0 aliphatic carbocycles. The monoisotopic (exact) mass is 251 g/mol. The van der Waals surface area contributed by atoms with Crippen LogP contribution in [-0.2, 0) is 9.47 Å². The maximum absolute atomic E-state index is 5.48. The molecule has 0 unspecified atom stereocenters. The Labute approximate surface area is 110 Å². The van der Waals surface area contributed by atoms with E-state index in [0.29, 0.717) is 25.7 Å². The lowest BCUT2D eigenvalue weighted by molar-refractivity contribution is 0.0411. The third-order valence-corrected chi connectivity index (χ3v) is 2.42. The van der Waals surface area contributed by atoms with E-state index in [-0.39, 0.29) is 0 Å². The van der Waals surface area contributed by atoms with Crippen LogP contribution in [0.15, 0.2) is 24.3 Å². The van der Waals surface area contributed by atoms with Crippen molar-refractivity contribution in [3.63, 3.8) is 0 Å². The second-order valence-corrected chi connectivity index (χ2v) is 4.88. The summed E-state index contributed by atoms with van der Waals surface area (Å²) in [5.74, 6) is 0.591. The minimum atomic E-state index is 0.591. The number of ether oxygens (including phenoxy) is 2. The predicted molar refractivity (Wildman–Crippen MR) is 76.1 cm³/mol. The molecule has 0 atom stereocenters. The Balaban J connectivity index is 1.96. The molecule has 18 heavy (non-hydrogen) atoms. The van der Waals surface area contributed by atoms with Crippen molar-refractivity contribution >= 4 is 5.69 Å². The van der Waals surface area contributed by atoms with Gasteiger partial charge in [0.2, 0.25) is 0 Å². The van der Waals surface area contributed by atoms with E-state index < -0.39 is 0 Å². The largest absolute Gasteiger partial charge is 0.383 e. The van der Waals surface area contributed by atoms with E-state index in [1.165, 1.54) is 5.56 Å². The highest BCUT2D eigenvalue weighted by molar-refractivity contribution is 5.45. The first-order valence-electron chi connectivity index (χ1n) is 6.64. The average Bonchev–Trinajstić information content (AvgIpc) is 2.32. The first-order chi connectivity index (χ1) is 8.68. The van der Waals surface area contributed by atoms with Gasteiger partial charge in [-0.05, 0) is 30.5 Å². The Morgan fingerprint density at radius 3 is 2.61 bits per heavy atom. The van der Waals surface area contributed by atoms with Gasteiger partial charge in [-0.15, -0.1) is 0 Å². The number of hydrogen-bond donors (Lipinski definition) is 1. The summed E-state index contributed by atoms with van der Waals surface area (Å²) >= 11 is 0. The summed E-state index contributed by atoms with van der Waals surface area (Å²) in [6.07, 6.45) is 0. The van der Waals surface area contributed by atoms with Crippen LogP contribution in [0.5, 0.6) is 0 Å². The molecular formula is C15H25NO2. The second-order valence-electron chi connectivity index (χ2n) is 4.88.